The van der Waals surface area contributed by atoms with Crippen LogP contribution in [0, 0.1) is 4.91 Å². The Bertz CT molecular complexity index is 150. The van der Waals surface area contributed by atoms with Gasteiger partial charge in [-0.25, -0.2) is 4.79 Å². The molecule has 0 rings (SSSR count). The Kier molecular flexibility index (Phi) is 12.8. The molecule has 0 aromatic heterocycles. The van der Waals surface area contributed by atoms with Crippen LogP contribution in [0.3, 0.4) is 0 Å². The molecule has 0 aliphatic heterocycles. The number of nitrogens with zero attached hydrogens (tertiary/aromatic N) is 2. The van der Waals surface area contributed by atoms with Gasteiger partial charge in [0, 0.05) is 7.05 Å². The van der Waals surface area contributed by atoms with Crippen LogP contribution in [0.5, 0.6) is 0 Å². The first kappa shape index (κ1) is 15.2. The second kappa shape index (κ2) is 11.8. The number of ether oxygens (including phenoxy) is 1. The molecule has 0 aliphatic rings. The van der Waals surface area contributed by atoms with Gasteiger partial charge in [-0.2, -0.15) is 5.01 Å². The quantitative estimate of drug-likeness (QED) is 0.293. The minimum atomic E-state index is -0.852. The van der Waals surface area contributed by atoms with Crippen molar-refractivity contribution in [1.82, 2.24) is 5.01 Å². The minimum Gasteiger partial charge on any atom is -0.394 e. The molecule has 8 nitrogen and oxygen atoms in total. The van der Waals surface area contributed by atoms with Crippen molar-refractivity contribution < 1.29 is 19.7 Å². The zero-order chi connectivity index (χ0) is 11.4. The van der Waals surface area contributed by atoms with Crippen LogP contribution < -0.4 is 5.73 Å². The molecule has 14 heavy (non-hydrogen) atoms. The molecule has 0 saturated heterocycles. The molecule has 0 atom stereocenters. The highest BCUT2D eigenvalue weighted by Crippen LogP contribution is 1.76. The van der Waals surface area contributed by atoms with E-state index in [0.29, 0.717) is 18.2 Å². The lowest BCUT2D eigenvalue weighted by Crippen LogP contribution is -2.26. The number of nitrogens with two attached hydrogens (primary N) is 1. The standard InChI is InChI=1S/C4H10O3.C2H5N3O2/c5-1-3-7-4-2-6;1-5(4-7)2(3)6/h5-6H,1-4H2;1H3,(H2,3,6). The van der Waals surface area contributed by atoms with E-state index in [1.165, 1.54) is 7.05 Å². The molecular formula is C6H15N3O5. The number of carbonyl (C=O) groups excluding carboxylic acids is 1. The maximum absolute atomic E-state index is 9.78. The zero-order valence-corrected chi connectivity index (χ0v) is 7.92. The molecule has 8 heteroatoms. The molecule has 0 spiro atoms. The van der Waals surface area contributed by atoms with Crippen molar-refractivity contribution in [3.8, 4) is 0 Å². The van der Waals surface area contributed by atoms with Crippen LogP contribution in [-0.4, -0.2) is 54.7 Å². The van der Waals surface area contributed by atoms with E-state index in [1.54, 1.807) is 0 Å². The van der Waals surface area contributed by atoms with E-state index < -0.39 is 6.03 Å². The average molecular weight is 209 g/mol. The van der Waals surface area contributed by atoms with Gasteiger partial charge >= 0.3 is 6.03 Å². The van der Waals surface area contributed by atoms with Crippen LogP contribution in [-0.2, 0) is 4.74 Å². The second-order valence-electron chi connectivity index (χ2n) is 2.00. The number of urea groups is 1. The number of hydrogen-bond acceptors (Lipinski definition) is 6. The molecule has 4 N–H and O–H groups in total. The van der Waals surface area contributed by atoms with Crippen LogP contribution in [0.4, 0.5) is 4.79 Å². The summed E-state index contributed by atoms with van der Waals surface area (Å²) < 4.78 is 4.63. The first-order chi connectivity index (χ1) is 6.59. The van der Waals surface area contributed by atoms with E-state index in [-0.39, 0.29) is 13.2 Å². The van der Waals surface area contributed by atoms with Gasteiger partial charge in [-0.1, -0.05) is 0 Å². The third-order valence-corrected chi connectivity index (χ3v) is 0.913. The van der Waals surface area contributed by atoms with Crippen molar-refractivity contribution in [2.24, 2.45) is 11.0 Å². The van der Waals surface area contributed by atoms with E-state index >= 15 is 0 Å². The van der Waals surface area contributed by atoms with Crippen LogP contribution in [0.2, 0.25) is 0 Å². The van der Waals surface area contributed by atoms with Gasteiger partial charge in [0.25, 0.3) is 0 Å². The van der Waals surface area contributed by atoms with Crippen LogP contribution >= 0.6 is 0 Å². The maximum atomic E-state index is 9.78. The van der Waals surface area contributed by atoms with Crippen molar-refractivity contribution in [3.63, 3.8) is 0 Å². The summed E-state index contributed by atoms with van der Waals surface area (Å²) in [6, 6.07) is -0.852. The Morgan fingerprint density at radius 1 is 1.43 bits per heavy atom. The van der Waals surface area contributed by atoms with Gasteiger partial charge in [0.15, 0.2) is 0 Å². The van der Waals surface area contributed by atoms with E-state index in [9.17, 15) is 9.70 Å². The third-order valence-electron chi connectivity index (χ3n) is 0.913. The lowest BCUT2D eigenvalue weighted by Gasteiger charge is -1.97. The van der Waals surface area contributed by atoms with Crippen molar-refractivity contribution in [1.29, 1.82) is 0 Å². The maximum Gasteiger partial charge on any atom is 0.337 e. The number of amides is 2. The number of aliphatic hydroxyl groups excluding tert-OH is 2. The summed E-state index contributed by atoms with van der Waals surface area (Å²) in [5.74, 6) is 0. The first-order valence-electron chi connectivity index (χ1n) is 3.76. The highest BCUT2D eigenvalue weighted by molar-refractivity contribution is 5.71. The Morgan fingerprint density at radius 2 is 1.86 bits per heavy atom. The Balaban J connectivity index is 0. The minimum absolute atomic E-state index is 0.0278. The van der Waals surface area contributed by atoms with Crippen LogP contribution in [0.1, 0.15) is 0 Å². The lowest BCUT2D eigenvalue weighted by molar-refractivity contribution is 0.0650. The molecule has 2 amide bonds. The smallest absolute Gasteiger partial charge is 0.337 e. The molecular weight excluding hydrogens is 194 g/mol. The summed E-state index contributed by atoms with van der Waals surface area (Å²) in [7, 11) is 1.18. The van der Waals surface area contributed by atoms with Gasteiger partial charge in [0.2, 0.25) is 0 Å². The molecule has 0 radical (unpaired) electrons. The number of primary amides is 1. The van der Waals surface area contributed by atoms with E-state index in [2.05, 4.69) is 15.8 Å². The molecule has 0 heterocycles. The monoisotopic (exact) mass is 209 g/mol. The van der Waals surface area contributed by atoms with Crippen molar-refractivity contribution in [2.45, 2.75) is 0 Å². The van der Waals surface area contributed by atoms with Gasteiger partial charge < -0.3 is 20.7 Å². The molecule has 0 fully saturated rings. The van der Waals surface area contributed by atoms with Crippen LogP contribution in [0.25, 0.3) is 0 Å². The highest BCUT2D eigenvalue weighted by Gasteiger charge is 1.97. The fourth-order valence-corrected chi connectivity index (χ4v) is 0.271. The summed E-state index contributed by atoms with van der Waals surface area (Å²) >= 11 is 0. The van der Waals surface area contributed by atoms with Crippen molar-refractivity contribution >= 4 is 6.03 Å². The molecule has 0 unspecified atom stereocenters. The Morgan fingerprint density at radius 3 is 2.00 bits per heavy atom. The van der Waals surface area contributed by atoms with Gasteiger partial charge in [0.1, 0.15) is 0 Å². The van der Waals surface area contributed by atoms with E-state index in [4.69, 9.17) is 10.2 Å². The normalized spacial score (nSPS) is 8.50. The number of aliphatic hydroxyl groups is 2. The SMILES string of the molecule is CN(N=O)C(N)=O.OCCOCCO. The lowest BCUT2D eigenvalue weighted by atomic mass is 10.7. The van der Waals surface area contributed by atoms with Crippen molar-refractivity contribution in [2.75, 3.05) is 33.5 Å². The number of nitroso groups, excluding NO2 is 1. The number of carbonyl (C=O) groups is 1. The summed E-state index contributed by atoms with van der Waals surface area (Å²) in [4.78, 5) is 19.1. The molecule has 0 aliphatic carbocycles. The predicted molar refractivity (Wildman–Crippen MR) is 48.1 cm³/mol. The van der Waals surface area contributed by atoms with Gasteiger partial charge in [0.05, 0.1) is 31.7 Å². The summed E-state index contributed by atoms with van der Waals surface area (Å²) in [6.07, 6.45) is 0. The highest BCUT2D eigenvalue weighted by atomic mass is 16.5. The molecule has 84 valence electrons. The predicted octanol–water partition coefficient (Wildman–Crippen LogP) is -1.33. The van der Waals surface area contributed by atoms with Gasteiger partial charge in [-0.15, -0.1) is 4.91 Å². The molecule has 0 aromatic carbocycles. The summed E-state index contributed by atoms with van der Waals surface area (Å²) in [5, 5.41) is 18.9. The largest absolute Gasteiger partial charge is 0.394 e. The molecule has 0 bridgehead atoms. The summed E-state index contributed by atoms with van der Waals surface area (Å²) in [5.41, 5.74) is 4.54. The fourth-order valence-electron chi connectivity index (χ4n) is 0.271. The average Bonchev–Trinajstić information content (AvgIpc) is 2.18. The second-order valence-corrected chi connectivity index (χ2v) is 2.00. The number of hydrogen-bond donors (Lipinski definition) is 3. The topological polar surface area (TPSA) is 125 Å². The third kappa shape index (κ3) is 13.3. The van der Waals surface area contributed by atoms with Crippen molar-refractivity contribution in [3.05, 3.63) is 4.91 Å². The first-order valence-corrected chi connectivity index (χ1v) is 3.76. The molecule has 0 saturated carbocycles. The fraction of sp³-hybridized carbons (Fsp3) is 0.833. The Labute approximate surface area is 81.2 Å². The van der Waals surface area contributed by atoms with Gasteiger partial charge in [-0.3, -0.25) is 0 Å². The van der Waals surface area contributed by atoms with Gasteiger partial charge in [-0.05, 0) is 0 Å². The summed E-state index contributed by atoms with van der Waals surface area (Å²) in [6.45, 7) is 0.696. The number of rotatable bonds is 5. The molecule has 0 aromatic rings. The Hall–Kier alpha value is -1.25. The van der Waals surface area contributed by atoms with Crippen LogP contribution in [0.15, 0.2) is 5.29 Å². The van der Waals surface area contributed by atoms with E-state index in [1.807, 2.05) is 0 Å². The van der Waals surface area contributed by atoms with E-state index in [0.717, 1.165) is 0 Å². The zero-order valence-electron chi connectivity index (χ0n) is 7.92.